The molecule has 0 N–H and O–H groups in total. The molecule has 1 aliphatic rings. The standard InChI is InChI=1S/C16H23N/c1-12-8-7-9-13(2)16(12)17-14(3)15-10-5-4-6-11-15/h4-6,10-14H,7-9H2,1-3H3/t12-,13-,14+/m1/s1. The lowest BCUT2D eigenvalue weighted by Gasteiger charge is -2.27. The number of hydrogen-bond acceptors (Lipinski definition) is 1. The summed E-state index contributed by atoms with van der Waals surface area (Å²) >= 11 is 0. The Morgan fingerprint density at radius 1 is 1.06 bits per heavy atom. The van der Waals surface area contributed by atoms with Crippen LogP contribution in [0.5, 0.6) is 0 Å². The van der Waals surface area contributed by atoms with E-state index >= 15 is 0 Å². The molecule has 1 aromatic carbocycles. The lowest BCUT2D eigenvalue weighted by atomic mass is 9.81. The zero-order chi connectivity index (χ0) is 12.3. The van der Waals surface area contributed by atoms with Gasteiger partial charge in [-0.15, -0.1) is 0 Å². The fourth-order valence-electron chi connectivity index (χ4n) is 2.80. The first-order valence-electron chi connectivity index (χ1n) is 6.81. The summed E-state index contributed by atoms with van der Waals surface area (Å²) in [5.41, 5.74) is 2.76. The molecule has 1 fully saturated rings. The van der Waals surface area contributed by atoms with Crippen LogP contribution in [0.2, 0.25) is 0 Å². The summed E-state index contributed by atoms with van der Waals surface area (Å²) in [5.74, 6) is 1.34. The third-order valence-electron chi connectivity index (χ3n) is 3.91. The minimum absolute atomic E-state index is 0.300. The molecule has 0 aliphatic heterocycles. The van der Waals surface area contributed by atoms with E-state index < -0.39 is 0 Å². The molecule has 2 rings (SSSR count). The predicted octanol–water partition coefficient (Wildman–Crippen LogP) is 4.64. The summed E-state index contributed by atoms with van der Waals surface area (Å²) in [6.07, 6.45) is 3.98. The largest absolute Gasteiger partial charge is 0.286 e. The van der Waals surface area contributed by atoms with E-state index in [0.29, 0.717) is 17.9 Å². The number of nitrogens with zero attached hydrogens (tertiary/aromatic N) is 1. The molecule has 1 nitrogen and oxygen atoms in total. The maximum absolute atomic E-state index is 4.98. The Morgan fingerprint density at radius 3 is 2.24 bits per heavy atom. The van der Waals surface area contributed by atoms with Gasteiger partial charge >= 0.3 is 0 Å². The second-order valence-corrected chi connectivity index (χ2v) is 5.37. The summed E-state index contributed by atoms with van der Waals surface area (Å²) in [7, 11) is 0. The van der Waals surface area contributed by atoms with Crippen LogP contribution in [0.3, 0.4) is 0 Å². The van der Waals surface area contributed by atoms with Gasteiger partial charge in [0.2, 0.25) is 0 Å². The minimum Gasteiger partial charge on any atom is -0.286 e. The summed E-state index contributed by atoms with van der Waals surface area (Å²) in [5, 5.41) is 0. The van der Waals surface area contributed by atoms with Gasteiger partial charge in [0.05, 0.1) is 6.04 Å². The van der Waals surface area contributed by atoms with Crippen LogP contribution in [0.15, 0.2) is 35.3 Å². The zero-order valence-corrected chi connectivity index (χ0v) is 11.2. The van der Waals surface area contributed by atoms with Gasteiger partial charge in [-0.2, -0.15) is 0 Å². The van der Waals surface area contributed by atoms with E-state index in [1.165, 1.54) is 30.5 Å². The Balaban J connectivity index is 2.17. The Hall–Kier alpha value is -1.11. The third-order valence-corrected chi connectivity index (χ3v) is 3.91. The summed E-state index contributed by atoms with van der Waals surface area (Å²) < 4.78 is 0. The molecule has 0 radical (unpaired) electrons. The monoisotopic (exact) mass is 229 g/mol. The highest BCUT2D eigenvalue weighted by molar-refractivity contribution is 5.89. The first kappa shape index (κ1) is 12.3. The van der Waals surface area contributed by atoms with E-state index in [-0.39, 0.29) is 0 Å². The summed E-state index contributed by atoms with van der Waals surface area (Å²) in [4.78, 5) is 4.98. The SMILES string of the molecule is C[C@@H]1CCC[C@@H](C)C1=N[C@@H](C)c1ccccc1. The van der Waals surface area contributed by atoms with Crippen molar-refractivity contribution in [2.75, 3.05) is 0 Å². The average molecular weight is 229 g/mol. The molecule has 0 heterocycles. The maximum Gasteiger partial charge on any atom is 0.0720 e. The quantitative estimate of drug-likeness (QED) is 0.700. The molecule has 1 saturated carbocycles. The van der Waals surface area contributed by atoms with Crippen molar-refractivity contribution >= 4 is 5.71 Å². The maximum atomic E-state index is 4.98. The molecule has 0 amide bonds. The first-order valence-corrected chi connectivity index (χ1v) is 6.81. The Labute approximate surface area is 105 Å². The van der Waals surface area contributed by atoms with Gasteiger partial charge in [0.25, 0.3) is 0 Å². The molecule has 1 heteroatoms. The van der Waals surface area contributed by atoms with E-state index in [1.54, 1.807) is 0 Å². The molecule has 0 spiro atoms. The van der Waals surface area contributed by atoms with Crippen LogP contribution in [0, 0.1) is 11.8 Å². The number of aliphatic imine (C=N–C) groups is 1. The van der Waals surface area contributed by atoms with Crippen molar-refractivity contribution in [1.29, 1.82) is 0 Å². The van der Waals surface area contributed by atoms with E-state index in [0.717, 1.165) is 0 Å². The van der Waals surface area contributed by atoms with Crippen LogP contribution in [-0.4, -0.2) is 5.71 Å². The zero-order valence-electron chi connectivity index (χ0n) is 11.2. The molecular weight excluding hydrogens is 206 g/mol. The van der Waals surface area contributed by atoms with Gasteiger partial charge in [0.1, 0.15) is 0 Å². The van der Waals surface area contributed by atoms with Crippen LogP contribution in [0.25, 0.3) is 0 Å². The van der Waals surface area contributed by atoms with E-state index in [1.807, 2.05) is 0 Å². The average Bonchev–Trinajstić information content (AvgIpc) is 2.35. The predicted molar refractivity (Wildman–Crippen MR) is 74.5 cm³/mol. The van der Waals surface area contributed by atoms with Gasteiger partial charge in [-0.05, 0) is 37.2 Å². The highest BCUT2D eigenvalue weighted by atomic mass is 14.8. The van der Waals surface area contributed by atoms with Crippen LogP contribution in [0.4, 0.5) is 0 Å². The van der Waals surface area contributed by atoms with Crippen molar-refractivity contribution in [2.45, 2.75) is 46.1 Å². The minimum atomic E-state index is 0.300. The van der Waals surface area contributed by atoms with E-state index in [4.69, 9.17) is 4.99 Å². The molecule has 92 valence electrons. The van der Waals surface area contributed by atoms with Crippen molar-refractivity contribution in [2.24, 2.45) is 16.8 Å². The van der Waals surface area contributed by atoms with Gasteiger partial charge in [-0.3, -0.25) is 4.99 Å². The first-order chi connectivity index (χ1) is 8.18. The molecule has 1 aliphatic carbocycles. The van der Waals surface area contributed by atoms with Crippen LogP contribution < -0.4 is 0 Å². The second kappa shape index (κ2) is 5.48. The van der Waals surface area contributed by atoms with Crippen LogP contribution in [0.1, 0.15) is 51.6 Å². The van der Waals surface area contributed by atoms with Crippen molar-refractivity contribution in [3.8, 4) is 0 Å². The van der Waals surface area contributed by atoms with Gasteiger partial charge in [-0.25, -0.2) is 0 Å². The molecule has 0 aromatic heterocycles. The number of benzene rings is 1. The lowest BCUT2D eigenvalue weighted by molar-refractivity contribution is 0.482. The highest BCUT2D eigenvalue weighted by Crippen LogP contribution is 2.29. The van der Waals surface area contributed by atoms with Crippen molar-refractivity contribution in [1.82, 2.24) is 0 Å². The van der Waals surface area contributed by atoms with Gasteiger partial charge < -0.3 is 0 Å². The molecular formula is C16H23N. The molecule has 17 heavy (non-hydrogen) atoms. The topological polar surface area (TPSA) is 12.4 Å². The smallest absolute Gasteiger partial charge is 0.0720 e. The van der Waals surface area contributed by atoms with Crippen molar-refractivity contribution < 1.29 is 0 Å². The van der Waals surface area contributed by atoms with Crippen molar-refractivity contribution in [3.05, 3.63) is 35.9 Å². The molecule has 3 atom stereocenters. The van der Waals surface area contributed by atoms with Crippen LogP contribution >= 0.6 is 0 Å². The fraction of sp³-hybridized carbons (Fsp3) is 0.562. The lowest BCUT2D eigenvalue weighted by Crippen LogP contribution is -2.25. The van der Waals surface area contributed by atoms with Gasteiger partial charge in [-0.1, -0.05) is 50.6 Å². The highest BCUT2D eigenvalue weighted by Gasteiger charge is 2.23. The van der Waals surface area contributed by atoms with Crippen LogP contribution in [-0.2, 0) is 0 Å². The van der Waals surface area contributed by atoms with Gasteiger partial charge in [0.15, 0.2) is 0 Å². The molecule has 0 unspecified atom stereocenters. The Kier molecular flexibility index (Phi) is 3.98. The van der Waals surface area contributed by atoms with Gasteiger partial charge in [0, 0.05) is 5.71 Å². The number of rotatable bonds is 2. The van der Waals surface area contributed by atoms with Crippen molar-refractivity contribution in [3.63, 3.8) is 0 Å². The Morgan fingerprint density at radius 2 is 1.65 bits per heavy atom. The normalized spacial score (nSPS) is 26.6. The molecule has 0 bridgehead atoms. The summed E-state index contributed by atoms with van der Waals surface area (Å²) in [6.45, 7) is 6.86. The van der Waals surface area contributed by atoms with E-state index in [2.05, 4.69) is 51.1 Å². The third kappa shape index (κ3) is 2.96. The fourth-order valence-corrected chi connectivity index (χ4v) is 2.80. The molecule has 1 aromatic rings. The number of hydrogen-bond donors (Lipinski definition) is 0. The Bertz CT molecular complexity index is 368. The molecule has 0 saturated heterocycles. The summed E-state index contributed by atoms with van der Waals surface area (Å²) in [6, 6.07) is 10.9. The van der Waals surface area contributed by atoms with E-state index in [9.17, 15) is 0 Å². The second-order valence-electron chi connectivity index (χ2n) is 5.37.